The standard InChI is InChI=1S/C8H20FN2/c1-8(11(2,3)4)7-10-6-5-9/h8,10H,5-7H2,1-4H3/q+1. The largest absolute Gasteiger partial charge is 0.328 e. The van der Waals surface area contributed by atoms with E-state index in [0.717, 1.165) is 11.0 Å². The van der Waals surface area contributed by atoms with Gasteiger partial charge in [0.15, 0.2) is 0 Å². The molecule has 0 radical (unpaired) electrons. The van der Waals surface area contributed by atoms with Crippen LogP contribution in [-0.2, 0) is 0 Å². The minimum atomic E-state index is -0.274. The maximum absolute atomic E-state index is 11.7. The van der Waals surface area contributed by atoms with Crippen LogP contribution in [0.4, 0.5) is 4.39 Å². The van der Waals surface area contributed by atoms with Crippen molar-refractivity contribution in [2.45, 2.75) is 13.0 Å². The van der Waals surface area contributed by atoms with E-state index in [9.17, 15) is 4.39 Å². The summed E-state index contributed by atoms with van der Waals surface area (Å²) in [5.41, 5.74) is 0. The second-order valence-corrected chi connectivity index (χ2v) is 3.86. The summed E-state index contributed by atoms with van der Waals surface area (Å²) < 4.78 is 12.6. The third-order valence-electron chi connectivity index (χ3n) is 2.03. The molecule has 2 nitrogen and oxygen atoms in total. The molecule has 68 valence electrons. The molecule has 0 aliphatic rings. The highest BCUT2D eigenvalue weighted by Crippen LogP contribution is 1.99. The van der Waals surface area contributed by atoms with Gasteiger partial charge in [-0.2, -0.15) is 0 Å². The van der Waals surface area contributed by atoms with Gasteiger partial charge in [0.1, 0.15) is 6.67 Å². The molecule has 0 aromatic rings. The summed E-state index contributed by atoms with van der Waals surface area (Å²) in [7, 11) is 6.42. The van der Waals surface area contributed by atoms with Gasteiger partial charge < -0.3 is 9.80 Å². The van der Waals surface area contributed by atoms with E-state index in [4.69, 9.17) is 0 Å². The number of hydrogen-bond donors (Lipinski definition) is 1. The molecule has 0 aliphatic carbocycles. The van der Waals surface area contributed by atoms with E-state index in [1.807, 2.05) is 0 Å². The van der Waals surface area contributed by atoms with Gasteiger partial charge in [-0.25, -0.2) is 4.39 Å². The molecule has 0 rings (SSSR count). The van der Waals surface area contributed by atoms with Crippen molar-refractivity contribution in [2.24, 2.45) is 0 Å². The molecule has 0 aliphatic heterocycles. The van der Waals surface area contributed by atoms with E-state index < -0.39 is 0 Å². The van der Waals surface area contributed by atoms with Crippen molar-refractivity contribution >= 4 is 0 Å². The van der Waals surface area contributed by atoms with Gasteiger partial charge in [-0.15, -0.1) is 0 Å². The summed E-state index contributed by atoms with van der Waals surface area (Å²) in [5, 5.41) is 3.05. The fraction of sp³-hybridized carbons (Fsp3) is 1.00. The average molecular weight is 163 g/mol. The van der Waals surface area contributed by atoms with Gasteiger partial charge in [0.05, 0.1) is 27.2 Å². The van der Waals surface area contributed by atoms with Crippen molar-refractivity contribution in [3.63, 3.8) is 0 Å². The number of halogens is 1. The zero-order chi connectivity index (χ0) is 8.91. The Balaban J connectivity index is 3.44. The Morgan fingerprint density at radius 3 is 2.27 bits per heavy atom. The normalized spacial score (nSPS) is 15.0. The number of rotatable bonds is 5. The average Bonchev–Trinajstić information content (AvgIpc) is 1.86. The second kappa shape index (κ2) is 4.67. The highest BCUT2D eigenvalue weighted by molar-refractivity contribution is 4.54. The summed E-state index contributed by atoms with van der Waals surface area (Å²) in [5.74, 6) is 0. The van der Waals surface area contributed by atoms with Crippen LogP contribution in [0.3, 0.4) is 0 Å². The van der Waals surface area contributed by atoms with Crippen molar-refractivity contribution in [1.82, 2.24) is 5.32 Å². The number of nitrogens with one attached hydrogen (secondary N) is 1. The van der Waals surface area contributed by atoms with Gasteiger partial charge in [0.2, 0.25) is 0 Å². The fourth-order valence-electron chi connectivity index (χ4n) is 0.652. The van der Waals surface area contributed by atoms with Gasteiger partial charge in [-0.05, 0) is 6.92 Å². The monoisotopic (exact) mass is 163 g/mol. The maximum atomic E-state index is 11.7. The molecule has 0 bridgehead atoms. The van der Waals surface area contributed by atoms with Crippen LogP contribution >= 0.6 is 0 Å². The Morgan fingerprint density at radius 1 is 1.36 bits per heavy atom. The molecule has 0 fully saturated rings. The lowest BCUT2D eigenvalue weighted by atomic mass is 10.3. The van der Waals surface area contributed by atoms with Crippen molar-refractivity contribution in [1.29, 1.82) is 0 Å². The molecule has 0 aromatic heterocycles. The summed E-state index contributed by atoms with van der Waals surface area (Å²) in [6, 6.07) is 0.529. The molecule has 0 heterocycles. The number of nitrogens with zero attached hydrogens (tertiary/aromatic N) is 1. The van der Waals surface area contributed by atoms with Crippen LogP contribution in [0.5, 0.6) is 0 Å². The minimum absolute atomic E-state index is 0.274. The SMILES string of the molecule is CC(CNCCF)[N+](C)(C)C. The van der Waals surface area contributed by atoms with E-state index in [0.29, 0.717) is 12.6 Å². The van der Waals surface area contributed by atoms with Crippen molar-refractivity contribution < 1.29 is 8.87 Å². The maximum Gasteiger partial charge on any atom is 0.102 e. The topological polar surface area (TPSA) is 12.0 Å². The molecular formula is C8H20FN2+. The van der Waals surface area contributed by atoms with Crippen LogP contribution in [0.15, 0.2) is 0 Å². The summed E-state index contributed by atoms with van der Waals surface area (Å²) in [6.07, 6.45) is 0. The Bertz CT molecular complexity index is 98.8. The molecule has 1 atom stereocenters. The molecule has 0 saturated carbocycles. The van der Waals surface area contributed by atoms with Gasteiger partial charge in [0.25, 0.3) is 0 Å². The van der Waals surface area contributed by atoms with Gasteiger partial charge in [-0.3, -0.25) is 0 Å². The second-order valence-electron chi connectivity index (χ2n) is 3.86. The van der Waals surface area contributed by atoms with Gasteiger partial charge >= 0.3 is 0 Å². The highest BCUT2D eigenvalue weighted by atomic mass is 19.1. The van der Waals surface area contributed by atoms with Crippen LogP contribution in [-0.4, -0.2) is 51.4 Å². The number of likely N-dealkylation sites (N-methyl/N-ethyl adjacent to an activating group) is 1. The quantitative estimate of drug-likeness (QED) is 0.463. The predicted molar refractivity (Wildman–Crippen MR) is 46.3 cm³/mol. The molecule has 0 spiro atoms. The molecule has 0 aromatic carbocycles. The van der Waals surface area contributed by atoms with E-state index in [1.165, 1.54) is 0 Å². The van der Waals surface area contributed by atoms with Crippen molar-refractivity contribution in [3.05, 3.63) is 0 Å². The number of hydrogen-bond acceptors (Lipinski definition) is 1. The summed E-state index contributed by atoms with van der Waals surface area (Å²) in [6.45, 7) is 3.24. The van der Waals surface area contributed by atoms with Gasteiger partial charge in [-0.1, -0.05) is 0 Å². The van der Waals surface area contributed by atoms with Crippen LogP contribution in [0.25, 0.3) is 0 Å². The first-order valence-corrected chi connectivity index (χ1v) is 4.06. The fourth-order valence-corrected chi connectivity index (χ4v) is 0.652. The molecule has 11 heavy (non-hydrogen) atoms. The van der Waals surface area contributed by atoms with Crippen LogP contribution in [0, 0.1) is 0 Å². The third-order valence-corrected chi connectivity index (χ3v) is 2.03. The van der Waals surface area contributed by atoms with E-state index in [1.54, 1.807) is 0 Å². The molecular weight excluding hydrogens is 143 g/mol. The van der Waals surface area contributed by atoms with E-state index in [2.05, 4.69) is 33.4 Å². The molecule has 0 saturated heterocycles. The molecule has 1 N–H and O–H groups in total. The Kier molecular flexibility index (Phi) is 4.61. The van der Waals surface area contributed by atoms with Gasteiger partial charge in [0, 0.05) is 13.1 Å². The first-order valence-electron chi connectivity index (χ1n) is 4.06. The Morgan fingerprint density at radius 2 is 1.91 bits per heavy atom. The first-order chi connectivity index (χ1) is 4.98. The van der Waals surface area contributed by atoms with Crippen LogP contribution in [0.2, 0.25) is 0 Å². The van der Waals surface area contributed by atoms with E-state index in [-0.39, 0.29) is 6.67 Å². The first kappa shape index (κ1) is 10.8. The lowest BCUT2D eigenvalue weighted by molar-refractivity contribution is -0.892. The zero-order valence-electron chi connectivity index (χ0n) is 8.02. The number of alkyl halides is 1. The summed E-state index contributed by atoms with van der Waals surface area (Å²) >= 11 is 0. The lowest BCUT2D eigenvalue weighted by Crippen LogP contribution is -2.48. The van der Waals surface area contributed by atoms with Crippen LogP contribution in [0.1, 0.15) is 6.92 Å². The summed E-state index contributed by atoms with van der Waals surface area (Å²) in [4.78, 5) is 0. The molecule has 3 heteroatoms. The predicted octanol–water partition coefficient (Wildman–Crippen LogP) is 0.640. The zero-order valence-corrected chi connectivity index (χ0v) is 8.02. The smallest absolute Gasteiger partial charge is 0.102 e. The number of quaternary nitrogens is 1. The lowest BCUT2D eigenvalue weighted by Gasteiger charge is -2.31. The molecule has 0 amide bonds. The molecule has 1 unspecified atom stereocenters. The van der Waals surface area contributed by atoms with Crippen molar-refractivity contribution in [2.75, 3.05) is 40.9 Å². The minimum Gasteiger partial charge on any atom is -0.328 e. The Labute approximate surface area is 69.0 Å². The van der Waals surface area contributed by atoms with Crippen molar-refractivity contribution in [3.8, 4) is 0 Å². The van der Waals surface area contributed by atoms with Crippen LogP contribution < -0.4 is 5.32 Å². The highest BCUT2D eigenvalue weighted by Gasteiger charge is 2.16. The Hall–Kier alpha value is -0.150. The van der Waals surface area contributed by atoms with E-state index >= 15 is 0 Å². The third kappa shape index (κ3) is 5.16.